The predicted molar refractivity (Wildman–Crippen MR) is 136 cm³/mol. The monoisotopic (exact) mass is 494 g/mol. The second kappa shape index (κ2) is 9.85. The van der Waals surface area contributed by atoms with Gasteiger partial charge in [0.05, 0.1) is 11.5 Å². The lowest BCUT2D eigenvalue weighted by Gasteiger charge is -2.29. The molecule has 192 valence electrons. The van der Waals surface area contributed by atoms with Crippen molar-refractivity contribution in [2.75, 3.05) is 6.54 Å². The smallest absolute Gasteiger partial charge is 0.336 e. The number of halogens is 1. The number of aromatic carboxylic acids is 1. The normalized spacial score (nSPS) is 25.4. The molecule has 2 aliphatic carbocycles. The third-order valence-corrected chi connectivity index (χ3v) is 8.07. The van der Waals surface area contributed by atoms with Gasteiger partial charge in [-0.05, 0) is 81.2 Å². The van der Waals surface area contributed by atoms with E-state index in [0.29, 0.717) is 35.4 Å². The van der Waals surface area contributed by atoms with E-state index in [0.717, 1.165) is 38.5 Å². The summed E-state index contributed by atoms with van der Waals surface area (Å²) in [5.41, 5.74) is 1.72. The van der Waals surface area contributed by atoms with E-state index in [1.165, 1.54) is 6.07 Å². The third kappa shape index (κ3) is 4.99. The molecule has 5 rings (SSSR count). The summed E-state index contributed by atoms with van der Waals surface area (Å²) >= 11 is 0. The molecule has 3 aliphatic rings. The summed E-state index contributed by atoms with van der Waals surface area (Å²) in [6.45, 7) is 4.91. The number of hydrogen-bond donors (Lipinski definition) is 3. The second-order valence-corrected chi connectivity index (χ2v) is 11.2. The Morgan fingerprint density at radius 3 is 2.56 bits per heavy atom. The van der Waals surface area contributed by atoms with Crippen molar-refractivity contribution >= 4 is 11.9 Å². The number of hydrogen-bond acceptors (Lipinski definition) is 4. The van der Waals surface area contributed by atoms with E-state index in [1.54, 1.807) is 30.3 Å². The van der Waals surface area contributed by atoms with E-state index in [4.69, 9.17) is 4.74 Å². The molecular formula is C29H35FN2O4. The summed E-state index contributed by atoms with van der Waals surface area (Å²) in [7, 11) is 0. The highest BCUT2D eigenvalue weighted by Gasteiger charge is 2.37. The summed E-state index contributed by atoms with van der Waals surface area (Å²) in [4.78, 5) is 25.0. The van der Waals surface area contributed by atoms with Crippen LogP contribution < -0.4 is 15.4 Å². The Balaban J connectivity index is 1.36. The molecule has 2 saturated carbocycles. The number of carboxylic acid groups (broad SMARTS) is 1. The second-order valence-electron chi connectivity index (χ2n) is 11.2. The first-order valence-electron chi connectivity index (χ1n) is 13.1. The Morgan fingerprint density at radius 2 is 1.89 bits per heavy atom. The maximum Gasteiger partial charge on any atom is 0.336 e. The van der Waals surface area contributed by atoms with Crippen molar-refractivity contribution in [2.24, 2.45) is 5.92 Å². The molecule has 3 fully saturated rings. The van der Waals surface area contributed by atoms with Crippen LogP contribution in [0.25, 0.3) is 11.1 Å². The average Bonchev–Trinajstić information content (AvgIpc) is 3.39. The van der Waals surface area contributed by atoms with E-state index < -0.39 is 5.97 Å². The standard InChI is InChI=1S/C29H35FN2O4/c1-29(2)15-18(16-31-29)27(33)32-19-12-13-20(14-19)36-24-11-5-9-22(28(34)35)26(24)21-8-4-10-23(30)25(21)17-6-3-7-17/h4-5,8-11,17-20,31H,3,6-7,12-16H2,1-2H3,(H,32,33)(H,34,35)/t18-,19+,20+/m0/s1. The van der Waals surface area contributed by atoms with Crippen molar-refractivity contribution in [1.29, 1.82) is 0 Å². The Labute approximate surface area is 211 Å². The van der Waals surface area contributed by atoms with Gasteiger partial charge in [0.25, 0.3) is 0 Å². The molecule has 0 spiro atoms. The van der Waals surface area contributed by atoms with Gasteiger partial charge in [0.1, 0.15) is 17.7 Å². The van der Waals surface area contributed by atoms with Crippen molar-refractivity contribution in [1.82, 2.24) is 10.6 Å². The largest absolute Gasteiger partial charge is 0.490 e. The van der Waals surface area contributed by atoms with Crippen LogP contribution in [0.5, 0.6) is 5.75 Å². The number of ether oxygens (including phenoxy) is 1. The van der Waals surface area contributed by atoms with Gasteiger partial charge in [-0.1, -0.05) is 24.6 Å². The molecular weight excluding hydrogens is 459 g/mol. The summed E-state index contributed by atoms with van der Waals surface area (Å²) in [5, 5.41) is 16.6. The molecule has 1 aliphatic heterocycles. The first-order chi connectivity index (χ1) is 17.2. The van der Waals surface area contributed by atoms with Crippen LogP contribution in [0.4, 0.5) is 4.39 Å². The number of benzene rings is 2. The number of carbonyl (C=O) groups excluding carboxylic acids is 1. The van der Waals surface area contributed by atoms with Crippen LogP contribution in [-0.2, 0) is 4.79 Å². The molecule has 3 atom stereocenters. The van der Waals surface area contributed by atoms with Gasteiger partial charge in [-0.2, -0.15) is 0 Å². The fourth-order valence-electron chi connectivity index (χ4n) is 5.97. The van der Waals surface area contributed by atoms with E-state index in [1.807, 2.05) is 0 Å². The highest BCUT2D eigenvalue weighted by molar-refractivity contribution is 5.98. The summed E-state index contributed by atoms with van der Waals surface area (Å²) in [6, 6.07) is 9.91. The molecule has 2 aromatic carbocycles. The van der Waals surface area contributed by atoms with E-state index in [-0.39, 0.29) is 46.8 Å². The molecule has 0 bridgehead atoms. The van der Waals surface area contributed by atoms with Crippen molar-refractivity contribution in [2.45, 2.75) is 82.4 Å². The quantitative estimate of drug-likeness (QED) is 0.489. The molecule has 1 heterocycles. The molecule has 1 amide bonds. The predicted octanol–water partition coefficient (Wildman–Crippen LogP) is 5.26. The number of carbonyl (C=O) groups is 2. The van der Waals surface area contributed by atoms with E-state index in [9.17, 15) is 19.1 Å². The van der Waals surface area contributed by atoms with Gasteiger partial charge in [0, 0.05) is 30.1 Å². The van der Waals surface area contributed by atoms with Gasteiger partial charge in [0.15, 0.2) is 0 Å². The minimum absolute atomic E-state index is 0.0237. The molecule has 2 aromatic rings. The van der Waals surface area contributed by atoms with Gasteiger partial charge in [-0.25, -0.2) is 9.18 Å². The minimum Gasteiger partial charge on any atom is -0.490 e. The van der Waals surface area contributed by atoms with Gasteiger partial charge in [-0.15, -0.1) is 0 Å². The number of nitrogens with one attached hydrogen (secondary N) is 2. The zero-order chi connectivity index (χ0) is 25.4. The molecule has 0 radical (unpaired) electrons. The zero-order valence-corrected chi connectivity index (χ0v) is 21.0. The van der Waals surface area contributed by atoms with Crippen LogP contribution in [0.15, 0.2) is 36.4 Å². The van der Waals surface area contributed by atoms with Crippen molar-refractivity contribution in [3.05, 3.63) is 53.3 Å². The molecule has 6 nitrogen and oxygen atoms in total. The molecule has 0 unspecified atom stereocenters. The zero-order valence-electron chi connectivity index (χ0n) is 21.0. The maximum atomic E-state index is 15.0. The molecule has 36 heavy (non-hydrogen) atoms. The van der Waals surface area contributed by atoms with Crippen molar-refractivity contribution < 1.29 is 23.8 Å². The van der Waals surface area contributed by atoms with Gasteiger partial charge in [0.2, 0.25) is 5.91 Å². The topological polar surface area (TPSA) is 87.7 Å². The van der Waals surface area contributed by atoms with E-state index >= 15 is 0 Å². The third-order valence-electron chi connectivity index (χ3n) is 8.07. The summed E-state index contributed by atoms with van der Waals surface area (Å²) in [5.74, 6) is -0.758. The Bertz CT molecular complexity index is 1160. The van der Waals surface area contributed by atoms with Crippen molar-refractivity contribution in [3.8, 4) is 16.9 Å². The number of carboxylic acids is 1. The first kappa shape index (κ1) is 24.8. The Morgan fingerprint density at radius 1 is 1.11 bits per heavy atom. The Hall–Kier alpha value is -2.93. The molecule has 1 saturated heterocycles. The fourth-order valence-corrected chi connectivity index (χ4v) is 5.97. The van der Waals surface area contributed by atoms with Crippen LogP contribution >= 0.6 is 0 Å². The first-order valence-corrected chi connectivity index (χ1v) is 13.1. The number of rotatable bonds is 7. The average molecular weight is 495 g/mol. The van der Waals surface area contributed by atoms with Crippen LogP contribution in [0.1, 0.15) is 80.6 Å². The van der Waals surface area contributed by atoms with Crippen LogP contribution in [0.3, 0.4) is 0 Å². The van der Waals surface area contributed by atoms with Crippen molar-refractivity contribution in [3.63, 3.8) is 0 Å². The molecule has 7 heteroatoms. The van der Waals surface area contributed by atoms with Gasteiger partial charge < -0.3 is 20.5 Å². The van der Waals surface area contributed by atoms with Crippen LogP contribution in [-0.4, -0.2) is 41.2 Å². The summed E-state index contributed by atoms with van der Waals surface area (Å²) < 4.78 is 21.4. The van der Waals surface area contributed by atoms with Gasteiger partial charge in [-0.3, -0.25) is 4.79 Å². The van der Waals surface area contributed by atoms with E-state index in [2.05, 4.69) is 24.5 Å². The SMILES string of the molecule is CC1(C)C[C@H](C(=O)N[C@@H]2CC[C@@H](Oc3cccc(C(=O)O)c3-c3cccc(F)c3C3CCC3)C2)CN1. The maximum absolute atomic E-state index is 15.0. The number of amides is 1. The highest BCUT2D eigenvalue weighted by Crippen LogP contribution is 2.46. The molecule has 3 N–H and O–H groups in total. The lowest BCUT2D eigenvalue weighted by Crippen LogP contribution is -2.38. The lowest BCUT2D eigenvalue weighted by atomic mass is 9.76. The van der Waals surface area contributed by atoms with Crippen LogP contribution in [0.2, 0.25) is 0 Å². The fraction of sp³-hybridized carbons (Fsp3) is 0.517. The molecule has 0 aromatic heterocycles. The summed E-state index contributed by atoms with van der Waals surface area (Å²) in [6.07, 6.45) is 5.73. The van der Waals surface area contributed by atoms with Crippen LogP contribution in [0, 0.1) is 11.7 Å². The Kier molecular flexibility index (Phi) is 6.77. The minimum atomic E-state index is -1.07. The lowest BCUT2D eigenvalue weighted by molar-refractivity contribution is -0.125. The van der Waals surface area contributed by atoms with Gasteiger partial charge >= 0.3 is 5.97 Å². The highest BCUT2D eigenvalue weighted by atomic mass is 19.1.